The molecular formula is C15H12N6OS. The molecule has 0 amide bonds. The Morgan fingerprint density at radius 1 is 1.13 bits per heavy atom. The second kappa shape index (κ2) is 5.47. The van der Waals surface area contributed by atoms with Gasteiger partial charge in [0.1, 0.15) is 11.2 Å². The summed E-state index contributed by atoms with van der Waals surface area (Å²) in [5.74, 6) is -0.0259. The van der Waals surface area contributed by atoms with Gasteiger partial charge in [0, 0.05) is 29.2 Å². The highest BCUT2D eigenvalue weighted by molar-refractivity contribution is 7.99. The van der Waals surface area contributed by atoms with E-state index in [0.717, 1.165) is 17.0 Å². The minimum Gasteiger partial charge on any atom is -0.493 e. The second-order valence-corrected chi connectivity index (χ2v) is 5.95. The lowest BCUT2D eigenvalue weighted by Gasteiger charge is -2.02. The van der Waals surface area contributed by atoms with Crippen molar-refractivity contribution in [1.29, 1.82) is 0 Å². The molecule has 0 saturated carbocycles. The van der Waals surface area contributed by atoms with Crippen molar-refractivity contribution in [3.05, 3.63) is 36.4 Å². The number of nitrogens with one attached hydrogen (secondary N) is 1. The van der Waals surface area contributed by atoms with Crippen LogP contribution in [0, 0.1) is 0 Å². The SMILES string of the molecule is CCc1cc2c(O)nc(Sc3cnc4nccnc4c3)nc2[nH]1. The summed E-state index contributed by atoms with van der Waals surface area (Å²) in [6, 6.07) is 3.74. The number of H-pyrrole nitrogens is 1. The summed E-state index contributed by atoms with van der Waals surface area (Å²) in [6.07, 6.45) is 5.76. The standard InChI is InChI=1S/C15H12N6OS/c1-2-8-5-10-12(19-8)20-15(21-14(10)22)23-9-6-11-13(18-7-9)17-4-3-16-11/h3-7H,2H2,1H3,(H2,19,20,21,22). The third-order valence-corrected chi connectivity index (χ3v) is 4.22. The van der Waals surface area contributed by atoms with Crippen LogP contribution in [0.25, 0.3) is 22.2 Å². The molecule has 4 rings (SSSR count). The van der Waals surface area contributed by atoms with Gasteiger partial charge < -0.3 is 10.1 Å². The predicted octanol–water partition coefficient (Wildman–Crippen LogP) is 2.72. The summed E-state index contributed by atoms with van der Waals surface area (Å²) >= 11 is 1.32. The van der Waals surface area contributed by atoms with E-state index >= 15 is 0 Å². The first-order valence-electron chi connectivity index (χ1n) is 7.06. The summed E-state index contributed by atoms with van der Waals surface area (Å²) in [5, 5.41) is 11.2. The van der Waals surface area contributed by atoms with Crippen molar-refractivity contribution in [1.82, 2.24) is 29.9 Å². The van der Waals surface area contributed by atoms with Crippen LogP contribution in [-0.4, -0.2) is 35.0 Å². The smallest absolute Gasteiger partial charge is 0.224 e. The minimum absolute atomic E-state index is 0.0259. The maximum absolute atomic E-state index is 10.1. The number of fused-ring (bicyclic) bond motifs is 2. The van der Waals surface area contributed by atoms with Gasteiger partial charge >= 0.3 is 0 Å². The molecule has 0 saturated heterocycles. The van der Waals surface area contributed by atoms with Crippen molar-refractivity contribution in [2.75, 3.05) is 0 Å². The van der Waals surface area contributed by atoms with E-state index in [2.05, 4.69) is 29.9 Å². The zero-order valence-corrected chi connectivity index (χ0v) is 13.0. The van der Waals surface area contributed by atoms with Crippen molar-refractivity contribution < 1.29 is 5.11 Å². The molecule has 0 aromatic carbocycles. The van der Waals surface area contributed by atoms with E-state index in [9.17, 15) is 5.11 Å². The van der Waals surface area contributed by atoms with E-state index < -0.39 is 0 Å². The predicted molar refractivity (Wildman–Crippen MR) is 86.4 cm³/mol. The van der Waals surface area contributed by atoms with Gasteiger partial charge in [-0.3, -0.25) is 4.98 Å². The van der Waals surface area contributed by atoms with Crippen molar-refractivity contribution in [3.63, 3.8) is 0 Å². The van der Waals surface area contributed by atoms with E-state index in [1.165, 1.54) is 11.8 Å². The molecule has 0 aliphatic rings. The van der Waals surface area contributed by atoms with Gasteiger partial charge in [0.25, 0.3) is 0 Å². The van der Waals surface area contributed by atoms with Crippen LogP contribution in [0.3, 0.4) is 0 Å². The summed E-state index contributed by atoms with van der Waals surface area (Å²) in [4.78, 5) is 25.2. The summed E-state index contributed by atoms with van der Waals surface area (Å²) in [7, 11) is 0. The van der Waals surface area contributed by atoms with Gasteiger partial charge in [-0.15, -0.1) is 0 Å². The van der Waals surface area contributed by atoms with Gasteiger partial charge in [0.05, 0.1) is 5.39 Å². The minimum atomic E-state index is -0.0259. The van der Waals surface area contributed by atoms with Crippen LogP contribution < -0.4 is 0 Å². The highest BCUT2D eigenvalue weighted by Crippen LogP contribution is 2.30. The third kappa shape index (κ3) is 2.57. The number of aromatic nitrogens is 6. The molecule has 4 heterocycles. The molecule has 2 N–H and O–H groups in total. The van der Waals surface area contributed by atoms with Crippen molar-refractivity contribution in [2.24, 2.45) is 0 Å². The number of rotatable bonds is 3. The molecule has 8 heteroatoms. The number of aromatic amines is 1. The number of aryl methyl sites for hydroxylation is 1. The van der Waals surface area contributed by atoms with Gasteiger partial charge in [-0.1, -0.05) is 6.92 Å². The van der Waals surface area contributed by atoms with Crippen LogP contribution in [0.1, 0.15) is 12.6 Å². The molecule has 0 atom stereocenters. The normalized spacial score (nSPS) is 11.3. The van der Waals surface area contributed by atoms with Gasteiger partial charge in [-0.2, -0.15) is 4.98 Å². The molecular weight excluding hydrogens is 312 g/mol. The first kappa shape index (κ1) is 13.9. The molecule has 0 spiro atoms. The van der Waals surface area contributed by atoms with E-state index in [0.29, 0.717) is 27.4 Å². The lowest BCUT2D eigenvalue weighted by molar-refractivity contribution is 0.453. The molecule has 23 heavy (non-hydrogen) atoms. The van der Waals surface area contributed by atoms with Crippen molar-refractivity contribution in [2.45, 2.75) is 23.4 Å². The number of hydrogen-bond acceptors (Lipinski definition) is 7. The molecule has 4 aromatic heterocycles. The summed E-state index contributed by atoms with van der Waals surface area (Å²) in [6.45, 7) is 2.03. The molecule has 0 bridgehead atoms. The molecule has 0 radical (unpaired) electrons. The van der Waals surface area contributed by atoms with Crippen LogP contribution in [0.5, 0.6) is 5.88 Å². The maximum atomic E-state index is 10.1. The van der Waals surface area contributed by atoms with Gasteiger partial charge in [0.15, 0.2) is 10.8 Å². The first-order valence-corrected chi connectivity index (χ1v) is 7.88. The lowest BCUT2D eigenvalue weighted by atomic mass is 10.3. The van der Waals surface area contributed by atoms with Crippen LogP contribution >= 0.6 is 11.8 Å². The van der Waals surface area contributed by atoms with Crippen LogP contribution in [0.15, 0.2) is 40.8 Å². The van der Waals surface area contributed by atoms with Crippen molar-refractivity contribution in [3.8, 4) is 5.88 Å². The number of aromatic hydroxyl groups is 1. The van der Waals surface area contributed by atoms with Crippen LogP contribution in [0.2, 0.25) is 0 Å². The maximum Gasteiger partial charge on any atom is 0.224 e. The average molecular weight is 324 g/mol. The monoisotopic (exact) mass is 324 g/mol. The fraction of sp³-hybridized carbons (Fsp3) is 0.133. The largest absolute Gasteiger partial charge is 0.493 e. The Labute approximate surface area is 135 Å². The van der Waals surface area contributed by atoms with E-state index in [-0.39, 0.29) is 5.88 Å². The number of pyridine rings is 1. The third-order valence-electron chi connectivity index (χ3n) is 3.39. The first-order chi connectivity index (χ1) is 11.2. The number of hydrogen-bond donors (Lipinski definition) is 2. The Bertz CT molecular complexity index is 1020. The van der Waals surface area contributed by atoms with Gasteiger partial charge in [-0.25, -0.2) is 15.0 Å². The average Bonchev–Trinajstić information content (AvgIpc) is 2.98. The van der Waals surface area contributed by atoms with Crippen LogP contribution in [-0.2, 0) is 6.42 Å². The molecule has 0 fully saturated rings. The Morgan fingerprint density at radius 2 is 2.00 bits per heavy atom. The molecule has 4 aromatic rings. The molecule has 0 unspecified atom stereocenters. The fourth-order valence-electron chi connectivity index (χ4n) is 2.27. The highest BCUT2D eigenvalue weighted by atomic mass is 32.2. The highest BCUT2D eigenvalue weighted by Gasteiger charge is 2.11. The molecule has 0 aliphatic carbocycles. The van der Waals surface area contributed by atoms with E-state index in [1.807, 2.05) is 19.1 Å². The van der Waals surface area contributed by atoms with E-state index in [4.69, 9.17) is 0 Å². The molecule has 7 nitrogen and oxygen atoms in total. The zero-order valence-electron chi connectivity index (χ0n) is 12.2. The Balaban J connectivity index is 1.73. The second-order valence-electron chi connectivity index (χ2n) is 4.91. The van der Waals surface area contributed by atoms with Gasteiger partial charge in [-0.05, 0) is 30.3 Å². The molecule has 0 aliphatic heterocycles. The van der Waals surface area contributed by atoms with Crippen molar-refractivity contribution >= 4 is 34.0 Å². The molecule has 114 valence electrons. The van der Waals surface area contributed by atoms with Gasteiger partial charge in [0.2, 0.25) is 5.88 Å². The quantitative estimate of drug-likeness (QED) is 0.559. The fourth-order valence-corrected chi connectivity index (χ4v) is 3.02. The Hall–Kier alpha value is -2.74. The van der Waals surface area contributed by atoms with Crippen LogP contribution in [0.4, 0.5) is 0 Å². The topological polar surface area (TPSA) is 100 Å². The Morgan fingerprint density at radius 3 is 2.87 bits per heavy atom. The van der Waals surface area contributed by atoms with E-state index in [1.54, 1.807) is 18.6 Å². The lowest BCUT2D eigenvalue weighted by Crippen LogP contribution is -1.90. The summed E-state index contributed by atoms with van der Waals surface area (Å²) in [5.41, 5.74) is 2.93. The Kier molecular flexibility index (Phi) is 3.30. The zero-order chi connectivity index (χ0) is 15.8. The summed E-state index contributed by atoms with van der Waals surface area (Å²) < 4.78 is 0. The number of nitrogens with zero attached hydrogens (tertiary/aromatic N) is 5.